The van der Waals surface area contributed by atoms with E-state index in [2.05, 4.69) is 51.6 Å². The molecule has 4 rings (SSSR count). The number of carbonyl (C=O) groups is 1. The van der Waals surface area contributed by atoms with Crippen LogP contribution in [0, 0.1) is 5.92 Å². The lowest BCUT2D eigenvalue weighted by Gasteiger charge is -2.38. The summed E-state index contributed by atoms with van der Waals surface area (Å²) in [6, 6.07) is 13.7. The summed E-state index contributed by atoms with van der Waals surface area (Å²) in [6.45, 7) is 0. The van der Waals surface area contributed by atoms with Crippen molar-refractivity contribution in [2.24, 2.45) is 5.92 Å². The highest BCUT2D eigenvalue weighted by Gasteiger charge is 2.38. The third kappa shape index (κ3) is 2.38. The molecule has 3 atom stereocenters. The summed E-state index contributed by atoms with van der Waals surface area (Å²) in [5.74, 6) is -0.0120. The van der Waals surface area contributed by atoms with Gasteiger partial charge in [-0.05, 0) is 57.6 Å². The van der Waals surface area contributed by atoms with Crippen molar-refractivity contribution in [3.63, 3.8) is 0 Å². The smallest absolute Gasteiger partial charge is 0.335 e. The Morgan fingerprint density at radius 3 is 2.70 bits per heavy atom. The number of carboxylic acid groups (broad SMARTS) is 1. The molecule has 1 heterocycles. The van der Waals surface area contributed by atoms with E-state index in [0.29, 0.717) is 17.4 Å². The van der Waals surface area contributed by atoms with E-state index in [0.717, 1.165) is 22.1 Å². The third-order valence-electron chi connectivity index (χ3n) is 4.86. The standard InChI is InChI=1S/C19H16BrNO2/c20-16-6-2-5-15-13-3-1-4-14(13)17(21-18(15)16)11-7-9-12(10-8-11)19(22)23/h1-3,5-10,13-14,17,21H,4H2,(H,22,23)/t13-,14+,17+/m1/s1. The fourth-order valence-electron chi connectivity index (χ4n) is 3.75. The van der Waals surface area contributed by atoms with Crippen molar-refractivity contribution in [3.8, 4) is 0 Å². The monoisotopic (exact) mass is 369 g/mol. The first-order chi connectivity index (χ1) is 11.1. The van der Waals surface area contributed by atoms with Gasteiger partial charge in [-0.1, -0.05) is 36.4 Å². The van der Waals surface area contributed by atoms with Gasteiger partial charge in [0.05, 0.1) is 17.3 Å². The van der Waals surface area contributed by atoms with Crippen LogP contribution in [0.25, 0.3) is 0 Å². The lowest BCUT2D eigenvalue weighted by molar-refractivity contribution is 0.0697. The minimum atomic E-state index is -0.887. The summed E-state index contributed by atoms with van der Waals surface area (Å²) < 4.78 is 1.07. The van der Waals surface area contributed by atoms with E-state index in [1.165, 1.54) is 5.56 Å². The van der Waals surface area contributed by atoms with E-state index in [9.17, 15) is 4.79 Å². The van der Waals surface area contributed by atoms with Crippen LogP contribution in [0.3, 0.4) is 0 Å². The Bertz CT molecular complexity index is 798. The van der Waals surface area contributed by atoms with Gasteiger partial charge in [-0.2, -0.15) is 0 Å². The fourth-order valence-corrected chi connectivity index (χ4v) is 4.24. The average molecular weight is 370 g/mol. The normalized spacial score (nSPS) is 24.7. The average Bonchev–Trinajstić information content (AvgIpc) is 3.04. The Balaban J connectivity index is 1.75. The van der Waals surface area contributed by atoms with Gasteiger partial charge in [0, 0.05) is 10.4 Å². The fraction of sp³-hybridized carbons (Fsp3) is 0.211. The lowest BCUT2D eigenvalue weighted by Crippen LogP contribution is -2.29. The second-order valence-corrected chi connectivity index (χ2v) is 6.96. The Morgan fingerprint density at radius 2 is 1.96 bits per heavy atom. The van der Waals surface area contributed by atoms with Crippen LogP contribution in [0.15, 0.2) is 59.1 Å². The highest BCUT2D eigenvalue weighted by atomic mass is 79.9. The van der Waals surface area contributed by atoms with Crippen molar-refractivity contribution in [3.05, 3.63) is 75.8 Å². The van der Waals surface area contributed by atoms with Crippen LogP contribution in [0.1, 0.15) is 39.9 Å². The summed E-state index contributed by atoms with van der Waals surface area (Å²) >= 11 is 3.65. The van der Waals surface area contributed by atoms with Gasteiger partial charge in [-0.3, -0.25) is 0 Å². The highest BCUT2D eigenvalue weighted by molar-refractivity contribution is 9.10. The largest absolute Gasteiger partial charge is 0.478 e. The van der Waals surface area contributed by atoms with Gasteiger partial charge in [0.25, 0.3) is 0 Å². The molecule has 0 unspecified atom stereocenters. The quantitative estimate of drug-likeness (QED) is 0.734. The molecule has 0 aromatic heterocycles. The van der Waals surface area contributed by atoms with Gasteiger partial charge in [0.1, 0.15) is 0 Å². The maximum atomic E-state index is 11.0. The number of rotatable bonds is 2. The number of hydrogen-bond donors (Lipinski definition) is 2. The van der Waals surface area contributed by atoms with Crippen LogP contribution in [0.5, 0.6) is 0 Å². The minimum Gasteiger partial charge on any atom is -0.478 e. The summed E-state index contributed by atoms with van der Waals surface area (Å²) in [7, 11) is 0. The van der Waals surface area contributed by atoms with Crippen LogP contribution >= 0.6 is 15.9 Å². The van der Waals surface area contributed by atoms with Gasteiger partial charge in [0.2, 0.25) is 0 Å². The zero-order chi connectivity index (χ0) is 16.0. The predicted octanol–water partition coefficient (Wildman–Crippen LogP) is 4.97. The first-order valence-electron chi connectivity index (χ1n) is 7.70. The molecular weight excluding hydrogens is 354 g/mol. The van der Waals surface area contributed by atoms with Crippen molar-refractivity contribution in [1.29, 1.82) is 0 Å². The molecule has 2 aliphatic rings. The molecule has 2 N–H and O–H groups in total. The summed E-state index contributed by atoms with van der Waals surface area (Å²) in [6.07, 6.45) is 5.59. The van der Waals surface area contributed by atoms with Crippen molar-refractivity contribution in [2.45, 2.75) is 18.4 Å². The molecule has 4 heteroatoms. The molecule has 23 heavy (non-hydrogen) atoms. The third-order valence-corrected chi connectivity index (χ3v) is 5.52. The number of carboxylic acids is 1. The molecule has 116 valence electrons. The van der Waals surface area contributed by atoms with Crippen LogP contribution in [0.2, 0.25) is 0 Å². The summed E-state index contributed by atoms with van der Waals surface area (Å²) in [5.41, 5.74) is 3.94. The second kappa shape index (κ2) is 5.53. The maximum Gasteiger partial charge on any atom is 0.335 e. The Hall–Kier alpha value is -2.07. The Morgan fingerprint density at radius 1 is 1.17 bits per heavy atom. The molecule has 3 nitrogen and oxygen atoms in total. The highest BCUT2D eigenvalue weighted by Crippen LogP contribution is 2.51. The van der Waals surface area contributed by atoms with E-state index in [1.807, 2.05) is 12.1 Å². The Labute approximate surface area is 143 Å². The molecule has 0 amide bonds. The first kappa shape index (κ1) is 14.5. The number of nitrogens with one attached hydrogen (secondary N) is 1. The molecule has 0 saturated carbocycles. The number of anilines is 1. The topological polar surface area (TPSA) is 49.3 Å². The maximum absolute atomic E-state index is 11.0. The van der Waals surface area contributed by atoms with Gasteiger partial charge in [-0.25, -0.2) is 4.79 Å². The van der Waals surface area contributed by atoms with Crippen LogP contribution < -0.4 is 5.32 Å². The van der Waals surface area contributed by atoms with Gasteiger partial charge in [0.15, 0.2) is 0 Å². The Kier molecular flexibility index (Phi) is 3.49. The molecule has 1 aliphatic carbocycles. The molecule has 0 bridgehead atoms. The SMILES string of the molecule is O=C(O)c1ccc([C@@H]2Nc3c(Br)cccc3[C@@H]3C=CC[C@@H]32)cc1. The number of hydrogen-bond acceptors (Lipinski definition) is 2. The van der Waals surface area contributed by atoms with Gasteiger partial charge >= 0.3 is 5.97 Å². The molecule has 2 aromatic rings. The predicted molar refractivity (Wildman–Crippen MR) is 93.9 cm³/mol. The number of allylic oxidation sites excluding steroid dienone is 2. The second-order valence-electron chi connectivity index (χ2n) is 6.11. The number of aromatic carboxylic acids is 1. The van der Waals surface area contributed by atoms with Crippen LogP contribution in [-0.4, -0.2) is 11.1 Å². The molecule has 0 radical (unpaired) electrons. The summed E-state index contributed by atoms with van der Waals surface area (Å²) in [5, 5.41) is 12.7. The lowest BCUT2D eigenvalue weighted by atomic mass is 9.77. The van der Waals surface area contributed by atoms with Crippen LogP contribution in [0.4, 0.5) is 5.69 Å². The zero-order valence-corrected chi connectivity index (χ0v) is 14.0. The van der Waals surface area contributed by atoms with Gasteiger partial charge in [-0.15, -0.1) is 0 Å². The minimum absolute atomic E-state index is 0.184. The first-order valence-corrected chi connectivity index (χ1v) is 8.49. The zero-order valence-electron chi connectivity index (χ0n) is 12.4. The molecule has 0 fully saturated rings. The van der Waals surface area contributed by atoms with Crippen molar-refractivity contribution >= 4 is 27.6 Å². The number of fused-ring (bicyclic) bond motifs is 3. The van der Waals surface area contributed by atoms with Crippen molar-refractivity contribution in [1.82, 2.24) is 0 Å². The molecule has 0 saturated heterocycles. The van der Waals surface area contributed by atoms with Gasteiger partial charge < -0.3 is 10.4 Å². The molecule has 2 aromatic carbocycles. The summed E-state index contributed by atoms with van der Waals surface area (Å²) in [4.78, 5) is 11.0. The van der Waals surface area contributed by atoms with Crippen molar-refractivity contribution in [2.75, 3.05) is 5.32 Å². The molecular formula is C19H16BrNO2. The van der Waals surface area contributed by atoms with Crippen LogP contribution in [-0.2, 0) is 0 Å². The number of halogens is 1. The van der Waals surface area contributed by atoms with E-state index in [1.54, 1.807) is 12.1 Å². The van der Waals surface area contributed by atoms with E-state index < -0.39 is 5.97 Å². The van der Waals surface area contributed by atoms with E-state index >= 15 is 0 Å². The van der Waals surface area contributed by atoms with E-state index in [-0.39, 0.29) is 6.04 Å². The molecule has 1 aliphatic heterocycles. The number of benzene rings is 2. The van der Waals surface area contributed by atoms with E-state index in [4.69, 9.17) is 5.11 Å². The number of para-hydroxylation sites is 1. The van der Waals surface area contributed by atoms with Crippen molar-refractivity contribution < 1.29 is 9.90 Å². The molecule has 0 spiro atoms.